The van der Waals surface area contributed by atoms with Gasteiger partial charge in [0.25, 0.3) is 0 Å². The maximum Gasteiger partial charge on any atom is 0.416 e. The molecule has 0 amide bonds. The summed E-state index contributed by atoms with van der Waals surface area (Å²) in [4.78, 5) is 10.8. The highest BCUT2D eigenvalue weighted by molar-refractivity contribution is 5.80. The number of carboxylic acids is 1. The Balaban J connectivity index is 1.91. The van der Waals surface area contributed by atoms with Crippen LogP contribution in [0.3, 0.4) is 0 Å². The summed E-state index contributed by atoms with van der Waals surface area (Å²) in [5, 5.41) is 15.8. The third-order valence-corrected chi connectivity index (χ3v) is 3.64. The maximum absolute atomic E-state index is 12.9. The van der Waals surface area contributed by atoms with E-state index in [1.807, 2.05) is 0 Å². The lowest BCUT2D eigenvalue weighted by Crippen LogP contribution is -2.08. The van der Waals surface area contributed by atoms with E-state index in [9.17, 15) is 18.0 Å². The normalized spacial score (nSPS) is 11.3. The van der Waals surface area contributed by atoms with Crippen molar-refractivity contribution >= 4 is 17.3 Å². The van der Waals surface area contributed by atoms with Gasteiger partial charge >= 0.3 is 12.1 Å². The van der Waals surface area contributed by atoms with E-state index in [1.54, 1.807) is 36.5 Å². The smallest absolute Gasteiger partial charge is 0.416 e. The molecule has 0 saturated carbocycles. The van der Waals surface area contributed by atoms with Gasteiger partial charge < -0.3 is 10.4 Å². The van der Waals surface area contributed by atoms with Crippen LogP contribution in [0.2, 0.25) is 0 Å². The van der Waals surface area contributed by atoms with Gasteiger partial charge in [-0.2, -0.15) is 18.3 Å². The van der Waals surface area contributed by atoms with Gasteiger partial charge in [-0.15, -0.1) is 0 Å². The first-order valence-electron chi connectivity index (χ1n) is 7.61. The van der Waals surface area contributed by atoms with Gasteiger partial charge in [-0.1, -0.05) is 24.3 Å². The van der Waals surface area contributed by atoms with Crippen LogP contribution in [-0.4, -0.2) is 20.9 Å². The molecule has 1 heterocycles. The summed E-state index contributed by atoms with van der Waals surface area (Å²) in [5.41, 5.74) is 1.49. The zero-order valence-corrected chi connectivity index (χ0v) is 13.4. The molecule has 2 aromatic carbocycles. The Labute approximate surface area is 146 Å². The van der Waals surface area contributed by atoms with E-state index >= 15 is 0 Å². The van der Waals surface area contributed by atoms with Crippen molar-refractivity contribution in [3.8, 4) is 11.1 Å². The number of benzene rings is 2. The summed E-state index contributed by atoms with van der Waals surface area (Å²) in [6, 6.07) is 11.9. The Hall–Kier alpha value is -3.29. The number of hydrogen-bond donors (Lipinski definition) is 2. The second-order valence-corrected chi connectivity index (χ2v) is 5.57. The van der Waals surface area contributed by atoms with Gasteiger partial charge in [0.2, 0.25) is 0 Å². The largest absolute Gasteiger partial charge is 0.480 e. The second-order valence-electron chi connectivity index (χ2n) is 5.57. The Morgan fingerprint density at radius 2 is 1.92 bits per heavy atom. The Bertz CT molecular complexity index is 935. The van der Waals surface area contributed by atoms with Crippen molar-refractivity contribution in [1.29, 1.82) is 0 Å². The molecule has 3 rings (SSSR count). The van der Waals surface area contributed by atoms with Crippen LogP contribution in [0.1, 0.15) is 5.56 Å². The number of nitrogens with one attached hydrogen (secondary N) is 1. The van der Waals surface area contributed by atoms with Crippen molar-refractivity contribution < 1.29 is 23.1 Å². The van der Waals surface area contributed by atoms with Crippen molar-refractivity contribution in [3.63, 3.8) is 0 Å². The zero-order chi connectivity index (χ0) is 18.7. The van der Waals surface area contributed by atoms with Crippen LogP contribution in [0.4, 0.5) is 24.5 Å². The molecule has 2 N–H and O–H groups in total. The minimum Gasteiger partial charge on any atom is -0.480 e. The predicted molar refractivity (Wildman–Crippen MR) is 90.0 cm³/mol. The van der Waals surface area contributed by atoms with Crippen molar-refractivity contribution in [1.82, 2.24) is 9.78 Å². The van der Waals surface area contributed by atoms with Crippen molar-refractivity contribution in [3.05, 3.63) is 66.5 Å². The van der Waals surface area contributed by atoms with Crippen LogP contribution in [0.15, 0.2) is 60.9 Å². The first-order chi connectivity index (χ1) is 12.3. The van der Waals surface area contributed by atoms with Crippen molar-refractivity contribution in [2.75, 3.05) is 5.32 Å². The number of rotatable bonds is 5. The standard InChI is InChI=1S/C18H14F3N3O2/c19-18(20,21)13-4-3-5-14(8-13)23-16-7-2-1-6-15(16)12-9-22-24(10-12)11-17(25)26/h1-10,23H,11H2,(H,25,26). The van der Waals surface area contributed by atoms with Gasteiger partial charge in [0.05, 0.1) is 11.8 Å². The first kappa shape index (κ1) is 17.5. The van der Waals surface area contributed by atoms with Crippen LogP contribution in [0.25, 0.3) is 11.1 Å². The number of carbonyl (C=O) groups is 1. The molecule has 0 spiro atoms. The molecular formula is C18H14F3N3O2. The third-order valence-electron chi connectivity index (χ3n) is 3.64. The maximum atomic E-state index is 12.9. The number of carboxylic acid groups (broad SMARTS) is 1. The highest BCUT2D eigenvalue weighted by Gasteiger charge is 2.30. The summed E-state index contributed by atoms with van der Waals surface area (Å²) in [6.45, 7) is -0.275. The van der Waals surface area contributed by atoms with E-state index < -0.39 is 17.7 Å². The summed E-state index contributed by atoms with van der Waals surface area (Å²) in [5.74, 6) is -1.02. The number of nitrogens with zero attached hydrogens (tertiary/aromatic N) is 2. The Kier molecular flexibility index (Phi) is 4.66. The molecule has 0 radical (unpaired) electrons. The lowest BCUT2D eigenvalue weighted by molar-refractivity contribution is -0.138. The van der Waals surface area contributed by atoms with Gasteiger partial charge in [0, 0.05) is 28.7 Å². The molecule has 0 aliphatic heterocycles. The van der Waals surface area contributed by atoms with Crippen LogP contribution >= 0.6 is 0 Å². The van der Waals surface area contributed by atoms with E-state index in [2.05, 4.69) is 10.4 Å². The lowest BCUT2D eigenvalue weighted by Gasteiger charge is -2.13. The fourth-order valence-electron chi connectivity index (χ4n) is 2.50. The molecule has 8 heteroatoms. The SMILES string of the molecule is O=C(O)Cn1cc(-c2ccccc2Nc2cccc(C(F)(F)F)c2)cn1. The van der Waals surface area contributed by atoms with E-state index in [-0.39, 0.29) is 6.54 Å². The van der Waals surface area contributed by atoms with Gasteiger partial charge in [0.1, 0.15) is 6.54 Å². The average molecular weight is 361 g/mol. The summed E-state index contributed by atoms with van der Waals surface area (Å²) in [7, 11) is 0. The molecule has 0 fully saturated rings. The number of anilines is 2. The van der Waals surface area contributed by atoms with E-state index in [1.165, 1.54) is 16.9 Å². The molecule has 0 atom stereocenters. The minimum absolute atomic E-state index is 0.275. The van der Waals surface area contributed by atoms with E-state index in [0.29, 0.717) is 22.5 Å². The topological polar surface area (TPSA) is 67.2 Å². The molecule has 134 valence electrons. The molecular weight excluding hydrogens is 347 g/mol. The summed E-state index contributed by atoms with van der Waals surface area (Å²) < 4.78 is 39.9. The molecule has 0 aliphatic carbocycles. The number of para-hydroxylation sites is 1. The molecule has 3 aromatic rings. The van der Waals surface area contributed by atoms with Crippen molar-refractivity contribution in [2.45, 2.75) is 12.7 Å². The Morgan fingerprint density at radius 1 is 1.15 bits per heavy atom. The third kappa shape index (κ3) is 4.02. The highest BCUT2D eigenvalue weighted by Crippen LogP contribution is 2.33. The fraction of sp³-hybridized carbons (Fsp3) is 0.111. The zero-order valence-electron chi connectivity index (χ0n) is 13.4. The number of aliphatic carboxylic acids is 1. The van der Waals surface area contributed by atoms with Gasteiger partial charge in [-0.25, -0.2) is 0 Å². The monoisotopic (exact) mass is 361 g/mol. The number of halogens is 3. The Morgan fingerprint density at radius 3 is 2.65 bits per heavy atom. The minimum atomic E-state index is -4.42. The van der Waals surface area contributed by atoms with Crippen molar-refractivity contribution in [2.24, 2.45) is 0 Å². The van der Waals surface area contributed by atoms with Crippen LogP contribution in [0.5, 0.6) is 0 Å². The number of alkyl halides is 3. The first-order valence-corrected chi connectivity index (χ1v) is 7.61. The molecule has 0 saturated heterocycles. The quantitative estimate of drug-likeness (QED) is 0.707. The van der Waals surface area contributed by atoms with Gasteiger partial charge in [-0.3, -0.25) is 9.48 Å². The fourth-order valence-corrected chi connectivity index (χ4v) is 2.50. The molecule has 0 bridgehead atoms. The average Bonchev–Trinajstić information content (AvgIpc) is 3.02. The number of hydrogen-bond acceptors (Lipinski definition) is 3. The highest BCUT2D eigenvalue weighted by atomic mass is 19.4. The summed E-state index contributed by atoms with van der Waals surface area (Å²) >= 11 is 0. The van der Waals surface area contributed by atoms with Gasteiger partial charge in [-0.05, 0) is 24.3 Å². The molecule has 5 nitrogen and oxygen atoms in total. The van der Waals surface area contributed by atoms with Crippen LogP contribution in [0, 0.1) is 0 Å². The molecule has 0 unspecified atom stereocenters. The molecule has 0 aliphatic rings. The second kappa shape index (κ2) is 6.91. The molecule has 26 heavy (non-hydrogen) atoms. The van der Waals surface area contributed by atoms with E-state index in [4.69, 9.17) is 5.11 Å². The lowest BCUT2D eigenvalue weighted by atomic mass is 10.1. The van der Waals surface area contributed by atoms with Crippen LogP contribution in [-0.2, 0) is 17.5 Å². The predicted octanol–water partition coefficient (Wildman–Crippen LogP) is 4.40. The summed E-state index contributed by atoms with van der Waals surface area (Å²) in [6.07, 6.45) is -1.34. The van der Waals surface area contributed by atoms with Gasteiger partial charge in [0.15, 0.2) is 0 Å². The van der Waals surface area contributed by atoms with E-state index in [0.717, 1.165) is 12.1 Å². The number of aromatic nitrogens is 2. The molecule has 1 aromatic heterocycles. The van der Waals surface area contributed by atoms with Crippen LogP contribution < -0.4 is 5.32 Å².